The molecule has 2 aliphatic rings. The maximum absolute atomic E-state index is 11.6. The van der Waals surface area contributed by atoms with E-state index in [9.17, 15) is 4.79 Å². The molecule has 11 heteroatoms. The molecule has 2 saturated heterocycles. The fourth-order valence-corrected chi connectivity index (χ4v) is 8.33. The van der Waals surface area contributed by atoms with Gasteiger partial charge in [-0.1, -0.05) is 90.0 Å². The van der Waals surface area contributed by atoms with Gasteiger partial charge in [-0.2, -0.15) is 32.0 Å². The van der Waals surface area contributed by atoms with Crippen molar-refractivity contribution in [2.75, 3.05) is 45.6 Å². The van der Waals surface area contributed by atoms with E-state index in [0.717, 1.165) is 108 Å². The van der Waals surface area contributed by atoms with Crippen LogP contribution in [0.5, 0.6) is 5.75 Å². The predicted octanol–water partition coefficient (Wildman–Crippen LogP) is 11.3. The Kier molecular flexibility index (Phi) is 37.7. The number of aryl methyl sites for hydroxylation is 2. The fourth-order valence-electron chi connectivity index (χ4n) is 8.33. The number of Topliss-reactive ketones (excluding diaryl/α,β-unsaturated/α-hetero) is 1. The summed E-state index contributed by atoms with van der Waals surface area (Å²) in [6.45, 7) is 43.1. The third-order valence-corrected chi connectivity index (χ3v) is 12.7. The molecule has 4 aromatic rings. The molecule has 2 aromatic heterocycles. The first-order chi connectivity index (χ1) is 34.0. The normalized spacial score (nSPS) is 15.0. The Morgan fingerprint density at radius 1 is 1.03 bits per heavy atom. The van der Waals surface area contributed by atoms with E-state index in [1.165, 1.54) is 56.7 Å². The number of aromatic nitrogens is 2. The van der Waals surface area contributed by atoms with E-state index in [2.05, 4.69) is 119 Å². The van der Waals surface area contributed by atoms with Gasteiger partial charge in [0, 0.05) is 46.5 Å². The number of likely N-dealkylation sites (tertiary alicyclic amines) is 1. The number of rotatable bonds is 15. The summed E-state index contributed by atoms with van der Waals surface area (Å²) in [6.07, 6.45) is 16.5. The Hall–Kier alpha value is -3.65. The molecule has 0 bridgehead atoms. The summed E-state index contributed by atoms with van der Waals surface area (Å²) >= 11 is 0. The van der Waals surface area contributed by atoms with E-state index in [4.69, 9.17) is 20.1 Å². The number of hydroxylamine groups is 1. The van der Waals surface area contributed by atoms with Crippen molar-refractivity contribution >= 4 is 24.0 Å². The summed E-state index contributed by atoms with van der Waals surface area (Å²) in [7, 11) is 1.67. The fraction of sp³-hybridized carbons (Fsp3) is 0.492. The first-order valence-electron chi connectivity index (χ1n) is 26.0. The zero-order chi connectivity index (χ0) is 53.3. The maximum atomic E-state index is 11.6. The Labute approximate surface area is 481 Å². The number of methoxy groups -OCH3 is 1. The van der Waals surface area contributed by atoms with Gasteiger partial charge in [-0.15, -0.1) is 12.1 Å². The van der Waals surface area contributed by atoms with Crippen LogP contribution in [0.3, 0.4) is 0 Å². The van der Waals surface area contributed by atoms with E-state index < -0.39 is 0 Å². The van der Waals surface area contributed by atoms with Crippen molar-refractivity contribution in [2.45, 2.75) is 146 Å². The maximum Gasteiger partial charge on any atom is 1.00 e. The third kappa shape index (κ3) is 26.0. The number of hydrogen-bond acceptors (Lipinski definition) is 10. The second-order valence-corrected chi connectivity index (χ2v) is 18.3. The molecule has 72 heavy (non-hydrogen) atoms. The van der Waals surface area contributed by atoms with E-state index in [1.807, 2.05) is 81.7 Å². The number of carbonyl (C=O) groups excluding carboxylic acids is 2. The molecule has 2 unspecified atom stereocenters. The number of nitrogens with one attached hydrogen (secondary N) is 1. The van der Waals surface area contributed by atoms with E-state index >= 15 is 0 Å². The Balaban J connectivity index is 0.00000108. The first kappa shape index (κ1) is 68.3. The van der Waals surface area contributed by atoms with E-state index in [-0.39, 0.29) is 57.2 Å². The van der Waals surface area contributed by atoms with Gasteiger partial charge in [0.25, 0.3) is 0 Å². The zero-order valence-electron chi connectivity index (χ0n) is 47.3. The van der Waals surface area contributed by atoms with Gasteiger partial charge in [-0.25, -0.2) is 4.98 Å². The minimum absolute atomic E-state index is 0. The second-order valence-electron chi connectivity index (χ2n) is 18.3. The SMILES string of the molecule is C=C1CCC(C)CON1.CC.CC(=O)c1ccc(C2CCN(C(C)/C(C)=C/c3c(-c4ccc(N)nc4)ccnc3C)CC2)cc1.CC=O.[CH2-]CN([CH-]C)CC(CCC)CCC.[CH2-]c1ccc(C)c(OC)c1.[K+]. The first-order valence-corrected chi connectivity index (χ1v) is 26.0. The van der Waals surface area contributed by atoms with Gasteiger partial charge in [0.2, 0.25) is 0 Å². The summed E-state index contributed by atoms with van der Waals surface area (Å²) in [5.74, 6) is 3.64. The minimum atomic E-state index is 0. The molecular weight excluding hydrogens is 920 g/mol. The van der Waals surface area contributed by atoms with Crippen LogP contribution in [0.15, 0.2) is 90.9 Å². The predicted molar refractivity (Wildman–Crippen MR) is 302 cm³/mol. The van der Waals surface area contributed by atoms with Crippen LogP contribution < -0.4 is 67.3 Å². The molecule has 0 spiro atoms. The number of ether oxygens (including phenoxy) is 1. The second kappa shape index (κ2) is 39.8. The van der Waals surface area contributed by atoms with Crippen molar-refractivity contribution in [3.63, 3.8) is 0 Å². The number of aldehydes is 1. The number of pyridine rings is 2. The number of nitrogens with zero attached hydrogens (tertiary/aromatic N) is 4. The Bertz CT molecular complexity index is 2110. The van der Waals surface area contributed by atoms with Crippen LogP contribution >= 0.6 is 0 Å². The topological polar surface area (TPSA) is 123 Å². The Morgan fingerprint density at radius 3 is 2.17 bits per heavy atom. The van der Waals surface area contributed by atoms with Crippen LogP contribution in [0, 0.1) is 46.1 Å². The van der Waals surface area contributed by atoms with Crippen molar-refractivity contribution in [1.82, 2.24) is 25.2 Å². The molecule has 2 atom stereocenters. The Morgan fingerprint density at radius 2 is 1.65 bits per heavy atom. The van der Waals surface area contributed by atoms with Crippen molar-refractivity contribution < 1.29 is 70.5 Å². The number of nitrogen functional groups attached to an aromatic ring is 1. The number of hydrogen-bond donors (Lipinski definition) is 2. The number of allylic oxidation sites excluding steroid dienone is 1. The van der Waals surface area contributed by atoms with Gasteiger partial charge < -0.3 is 27.1 Å². The van der Waals surface area contributed by atoms with Crippen LogP contribution in [0.25, 0.3) is 17.2 Å². The molecule has 0 aliphatic carbocycles. The molecule has 0 saturated carbocycles. The number of carbonyl (C=O) groups is 2. The molecule has 3 N–H and O–H groups in total. The van der Waals surface area contributed by atoms with Gasteiger partial charge in [0.05, 0.1) is 19.5 Å². The van der Waals surface area contributed by atoms with Gasteiger partial charge in [0.1, 0.15) is 12.1 Å². The van der Waals surface area contributed by atoms with Gasteiger partial charge in [-0.3, -0.25) is 31.5 Å². The van der Waals surface area contributed by atoms with Crippen molar-refractivity contribution in [2.24, 2.45) is 11.8 Å². The summed E-state index contributed by atoms with van der Waals surface area (Å²) in [5.41, 5.74) is 19.5. The number of nitrogens with two attached hydrogens (primary N) is 1. The van der Waals surface area contributed by atoms with Crippen LogP contribution in [0.1, 0.15) is 165 Å². The molecule has 0 amide bonds. The third-order valence-electron chi connectivity index (χ3n) is 12.7. The standard InChI is InChI=1S/C29H34N4O.C12H25N.C9H11O.C7H13NO.C2H4O.C2H6.K/c1-19(17-28-20(2)31-14-11-27(28)26-9-10-29(30)32-18-26)21(3)33-15-12-25(13-16-33)24-7-5-23(6-8-24)22(4)34;1-5-9-12(10-6-2)11-13(7-3)8-4;1-7-4-5-8(2)9(6-7)10-3;1-6-3-4-7(2)8-9-5-6;1-2-3;1-2;/h5-11,14,17-18,21,25H,12-13,15-16H2,1-4H3,(H2,30,32);8,12H,3,5-7,9-11H2,1-2,4H3;4-6H,1H2,2-3H3;6,8H,2-5H2,1H3;2H,1H3;1-2H3;/q;-2;-1;;;;+1/b19-17+;;;;;;. The summed E-state index contributed by atoms with van der Waals surface area (Å²) in [6, 6.07) is 20.3. The van der Waals surface area contributed by atoms with Gasteiger partial charge in [0.15, 0.2) is 5.78 Å². The van der Waals surface area contributed by atoms with Crippen molar-refractivity contribution in [3.8, 4) is 16.9 Å². The monoisotopic (exact) mass is 1010 g/mol. The zero-order valence-corrected chi connectivity index (χ0v) is 50.4. The van der Waals surface area contributed by atoms with Crippen LogP contribution in [0.2, 0.25) is 0 Å². The number of ketones is 1. The van der Waals surface area contributed by atoms with Crippen molar-refractivity contribution in [1.29, 1.82) is 0 Å². The van der Waals surface area contributed by atoms with Crippen LogP contribution in [0.4, 0.5) is 5.82 Å². The molecule has 4 heterocycles. The van der Waals surface area contributed by atoms with Crippen LogP contribution in [-0.2, 0) is 9.63 Å². The molecule has 10 nitrogen and oxygen atoms in total. The van der Waals surface area contributed by atoms with Crippen molar-refractivity contribution in [3.05, 3.63) is 145 Å². The van der Waals surface area contributed by atoms with E-state index in [1.54, 1.807) is 14.0 Å². The van der Waals surface area contributed by atoms with E-state index in [0.29, 0.717) is 23.7 Å². The van der Waals surface area contributed by atoms with Gasteiger partial charge >= 0.3 is 51.4 Å². The smallest absolute Gasteiger partial charge is 0.509 e. The molecule has 2 fully saturated rings. The average molecular weight is 1010 g/mol. The average Bonchev–Trinajstić information content (AvgIpc) is 3.57. The van der Waals surface area contributed by atoms with Gasteiger partial charge in [-0.05, 0) is 152 Å². The summed E-state index contributed by atoms with van der Waals surface area (Å²) < 4.78 is 5.09. The molecule has 0 radical (unpaired) electrons. The number of anilines is 1. The summed E-state index contributed by atoms with van der Waals surface area (Å²) in [4.78, 5) is 39.1. The molecular formula is C61H93KN6O4-2. The largest absolute Gasteiger partial charge is 1.00 e. The quantitative estimate of drug-likeness (QED) is 0.0515. The molecule has 394 valence electrons. The summed E-state index contributed by atoms with van der Waals surface area (Å²) in [5, 5.41) is 0. The number of piperidine rings is 1. The molecule has 2 aromatic carbocycles. The minimum Gasteiger partial charge on any atom is -0.509 e. The molecule has 6 rings (SSSR count). The molecule has 2 aliphatic heterocycles. The van der Waals surface area contributed by atoms with Crippen LogP contribution in [-0.4, -0.2) is 77.8 Å². The number of benzene rings is 2.